The minimum absolute atomic E-state index is 0.137. The molecule has 10 heteroatoms. The minimum atomic E-state index is 0.137. The summed E-state index contributed by atoms with van der Waals surface area (Å²) in [5, 5.41) is 29.0. The number of hydrogen-bond donors (Lipinski definition) is 1. The normalized spacial score (nSPS) is 12.6. The van der Waals surface area contributed by atoms with Gasteiger partial charge in [0.25, 0.3) is 0 Å². The number of unbranched alkanes of at least 4 members (excludes halogenated alkanes) is 15. The highest BCUT2D eigenvalue weighted by Gasteiger charge is 2.16. The molecule has 10 nitrogen and oxygen atoms in total. The fourth-order valence-electron chi connectivity index (χ4n) is 7.77. The Kier molecular flexibility index (Phi) is 29.6. The predicted molar refractivity (Wildman–Crippen MR) is 292 cm³/mol. The quantitative estimate of drug-likeness (QED) is 0.0599. The van der Waals surface area contributed by atoms with Crippen molar-refractivity contribution in [3.63, 3.8) is 0 Å². The number of nitrogens with one attached hydrogen (secondary N) is 1. The molecule has 0 bridgehead atoms. The van der Waals surface area contributed by atoms with Crippen LogP contribution in [0.2, 0.25) is 0 Å². The van der Waals surface area contributed by atoms with Crippen LogP contribution in [0.25, 0.3) is 0 Å². The Balaban J connectivity index is 0.000000512. The van der Waals surface area contributed by atoms with Crippen LogP contribution in [-0.4, -0.2) is 57.1 Å². The molecule has 0 radical (unpaired) electrons. The summed E-state index contributed by atoms with van der Waals surface area (Å²) in [5.74, 6) is 6.57. The SMILES string of the molecule is CC(C)(C)C#CCCCCCCn1cc(CC(C)(C)C)nn1.CC(C)(C)CCCCCCCCCCCn1cc(CC(C)(C)C)nn1.CC(C)(C)Cc1cn(CCCCCCNC(C)(C)C)nn1. The van der Waals surface area contributed by atoms with Gasteiger partial charge >= 0.3 is 0 Å². The Hall–Kier alpha value is -3.06. The molecule has 0 saturated carbocycles. The molecule has 0 fully saturated rings. The lowest BCUT2D eigenvalue weighted by molar-refractivity contribution is 0.356. The van der Waals surface area contributed by atoms with Gasteiger partial charge in [0.15, 0.2) is 0 Å². The molecular formula is C58H110N10. The van der Waals surface area contributed by atoms with Crippen LogP contribution in [0.3, 0.4) is 0 Å². The van der Waals surface area contributed by atoms with Gasteiger partial charge in [0.05, 0.1) is 17.1 Å². The van der Waals surface area contributed by atoms with E-state index < -0.39 is 0 Å². The van der Waals surface area contributed by atoms with Gasteiger partial charge < -0.3 is 5.32 Å². The zero-order valence-electron chi connectivity index (χ0n) is 48.1. The van der Waals surface area contributed by atoms with Gasteiger partial charge in [-0.2, -0.15) is 0 Å². The average molecular weight is 948 g/mol. The summed E-state index contributed by atoms with van der Waals surface area (Å²) < 4.78 is 6.01. The average Bonchev–Trinajstić information content (AvgIpc) is 3.93. The van der Waals surface area contributed by atoms with Crippen LogP contribution in [0.15, 0.2) is 18.6 Å². The van der Waals surface area contributed by atoms with Crippen LogP contribution >= 0.6 is 0 Å². The highest BCUT2D eigenvalue weighted by Crippen LogP contribution is 2.24. The Morgan fingerprint density at radius 2 is 0.721 bits per heavy atom. The monoisotopic (exact) mass is 947 g/mol. The van der Waals surface area contributed by atoms with Gasteiger partial charge in [0, 0.05) is 55.6 Å². The maximum absolute atomic E-state index is 4.29. The van der Waals surface area contributed by atoms with E-state index in [1.807, 2.05) is 14.0 Å². The number of rotatable bonds is 27. The van der Waals surface area contributed by atoms with Crippen molar-refractivity contribution in [2.75, 3.05) is 6.54 Å². The molecule has 0 atom stereocenters. The van der Waals surface area contributed by atoms with E-state index in [4.69, 9.17) is 0 Å². The van der Waals surface area contributed by atoms with Crippen LogP contribution < -0.4 is 5.32 Å². The highest BCUT2D eigenvalue weighted by atomic mass is 15.4. The van der Waals surface area contributed by atoms with E-state index in [1.165, 1.54) is 116 Å². The van der Waals surface area contributed by atoms with Crippen molar-refractivity contribution in [1.29, 1.82) is 0 Å². The van der Waals surface area contributed by atoms with Gasteiger partial charge in [0.2, 0.25) is 0 Å². The first-order valence-electron chi connectivity index (χ1n) is 27.4. The molecule has 68 heavy (non-hydrogen) atoms. The van der Waals surface area contributed by atoms with Crippen LogP contribution in [0.4, 0.5) is 0 Å². The molecule has 0 aromatic carbocycles. The van der Waals surface area contributed by atoms with Gasteiger partial charge in [0.1, 0.15) is 0 Å². The summed E-state index contributed by atoms with van der Waals surface area (Å²) in [7, 11) is 0. The zero-order valence-corrected chi connectivity index (χ0v) is 48.1. The molecular weight excluding hydrogens is 837 g/mol. The minimum Gasteiger partial charge on any atom is -0.312 e. The maximum Gasteiger partial charge on any atom is 0.0832 e. The van der Waals surface area contributed by atoms with Crippen molar-refractivity contribution in [3.8, 4) is 11.8 Å². The van der Waals surface area contributed by atoms with Crippen molar-refractivity contribution in [2.45, 2.75) is 291 Å². The number of nitrogens with zero attached hydrogens (tertiary/aromatic N) is 9. The summed E-state index contributed by atoms with van der Waals surface area (Å²) >= 11 is 0. The molecule has 3 heterocycles. The zero-order chi connectivity index (χ0) is 51.3. The van der Waals surface area contributed by atoms with Gasteiger partial charge in [-0.1, -0.05) is 182 Å². The van der Waals surface area contributed by atoms with E-state index in [1.54, 1.807) is 0 Å². The molecule has 0 saturated heterocycles. The molecule has 0 aliphatic rings. The summed E-state index contributed by atoms with van der Waals surface area (Å²) in [6.07, 6.45) is 33.9. The molecule has 1 N–H and O–H groups in total. The van der Waals surface area contributed by atoms with E-state index in [0.29, 0.717) is 5.41 Å². The first-order chi connectivity index (χ1) is 31.5. The van der Waals surface area contributed by atoms with E-state index in [0.717, 1.165) is 68.9 Å². The van der Waals surface area contributed by atoms with E-state index in [2.05, 4.69) is 191 Å². The molecule has 0 amide bonds. The van der Waals surface area contributed by atoms with Crippen molar-refractivity contribution in [3.05, 3.63) is 35.7 Å². The molecule has 0 unspecified atom stereocenters. The lowest BCUT2D eigenvalue weighted by atomic mass is 9.89. The molecule has 0 aliphatic carbocycles. The van der Waals surface area contributed by atoms with Crippen molar-refractivity contribution in [1.82, 2.24) is 50.3 Å². The van der Waals surface area contributed by atoms with E-state index in [9.17, 15) is 0 Å². The van der Waals surface area contributed by atoms with E-state index >= 15 is 0 Å². The van der Waals surface area contributed by atoms with E-state index in [-0.39, 0.29) is 27.2 Å². The van der Waals surface area contributed by atoms with Crippen LogP contribution in [0.5, 0.6) is 0 Å². The maximum atomic E-state index is 4.29. The van der Waals surface area contributed by atoms with Crippen LogP contribution in [0.1, 0.15) is 264 Å². The molecule has 3 aromatic rings. The topological polar surface area (TPSA) is 104 Å². The molecule has 3 rings (SSSR count). The number of aromatic nitrogens is 9. The first kappa shape index (κ1) is 63.0. The molecule has 0 aliphatic heterocycles. The predicted octanol–water partition coefficient (Wildman–Crippen LogP) is 15.5. The Morgan fingerprint density at radius 3 is 1.04 bits per heavy atom. The van der Waals surface area contributed by atoms with Gasteiger partial charge in [-0.05, 0) is 128 Å². The molecule has 3 aromatic heterocycles. The second kappa shape index (κ2) is 32.0. The molecule has 392 valence electrons. The van der Waals surface area contributed by atoms with Crippen molar-refractivity contribution < 1.29 is 0 Å². The standard InChI is InChI=1S/C22H43N3.C19H33N3.C17H34N4/c1-21(2,3)16-14-12-10-8-7-9-11-13-15-17-25-19-20(23-24-25)18-22(4,5)6;1-18(2,3)13-11-9-7-8-10-12-14-22-16-17(20-21-22)15-19(4,5)6;1-16(2,3)13-15-14-21(20-19-15)12-10-8-7-9-11-18-17(4,5)6/h19H,7-18H2,1-6H3;16H,7-10,12,14-15H2,1-6H3;14,18H,7-13H2,1-6H3. The Bertz CT molecular complexity index is 1740. The Morgan fingerprint density at radius 1 is 0.397 bits per heavy atom. The van der Waals surface area contributed by atoms with Crippen molar-refractivity contribution >= 4 is 0 Å². The fraction of sp³-hybridized carbons (Fsp3) is 0.862. The lowest BCUT2D eigenvalue weighted by Crippen LogP contribution is -2.36. The smallest absolute Gasteiger partial charge is 0.0832 e. The summed E-state index contributed by atoms with van der Waals surface area (Å²) in [4.78, 5) is 0. The molecule has 0 spiro atoms. The van der Waals surface area contributed by atoms with Gasteiger partial charge in [-0.3, -0.25) is 14.0 Å². The second-order valence-corrected chi connectivity index (χ2v) is 26.9. The first-order valence-corrected chi connectivity index (χ1v) is 27.4. The summed E-state index contributed by atoms with van der Waals surface area (Å²) in [6, 6.07) is 0. The number of aryl methyl sites for hydroxylation is 3. The third-order valence-corrected chi connectivity index (χ3v) is 11.1. The third-order valence-electron chi connectivity index (χ3n) is 11.1. The van der Waals surface area contributed by atoms with Gasteiger partial charge in [-0.15, -0.1) is 21.2 Å². The van der Waals surface area contributed by atoms with Gasteiger partial charge in [-0.25, -0.2) is 0 Å². The summed E-state index contributed by atoms with van der Waals surface area (Å²) in [5.41, 5.74) is 5.06. The largest absolute Gasteiger partial charge is 0.312 e. The number of hydrogen-bond acceptors (Lipinski definition) is 7. The fourth-order valence-corrected chi connectivity index (χ4v) is 7.77. The summed E-state index contributed by atoms with van der Waals surface area (Å²) in [6.45, 7) is 44.4. The van der Waals surface area contributed by atoms with Crippen LogP contribution in [-0.2, 0) is 38.9 Å². The van der Waals surface area contributed by atoms with Crippen molar-refractivity contribution in [2.24, 2.45) is 27.1 Å². The Labute approximate surface area is 420 Å². The highest BCUT2D eigenvalue weighted by molar-refractivity contribution is 5.07. The second-order valence-electron chi connectivity index (χ2n) is 26.9. The third kappa shape index (κ3) is 40.8. The van der Waals surface area contributed by atoms with Crippen LogP contribution in [0, 0.1) is 38.9 Å². The lowest BCUT2D eigenvalue weighted by Gasteiger charge is -2.20.